The molecule has 2 heterocycles. The molecule has 0 spiro atoms. The maximum atomic E-state index is 13.9. The number of carbonyl (C=O) groups is 1. The molecule has 0 radical (unpaired) electrons. The van der Waals surface area contributed by atoms with Crippen molar-refractivity contribution in [1.82, 2.24) is 15.1 Å². The highest BCUT2D eigenvalue weighted by atomic mass is 19.4. The number of halogens is 3. The number of aromatic nitrogens is 2. The van der Waals surface area contributed by atoms with Crippen molar-refractivity contribution in [3.8, 4) is 0 Å². The fraction of sp³-hybridized carbons (Fsp3) is 0.360. The van der Waals surface area contributed by atoms with Gasteiger partial charge in [-0.2, -0.15) is 18.3 Å². The summed E-state index contributed by atoms with van der Waals surface area (Å²) in [6.45, 7) is 6.29. The molecule has 1 aliphatic heterocycles. The summed E-state index contributed by atoms with van der Waals surface area (Å²) in [4.78, 5) is 12.9. The Balaban J connectivity index is 1.60. The summed E-state index contributed by atoms with van der Waals surface area (Å²) in [5.41, 5.74) is 5.13. The molecule has 0 aliphatic carbocycles. The van der Waals surface area contributed by atoms with Gasteiger partial charge in [0.1, 0.15) is 11.4 Å². The Morgan fingerprint density at radius 2 is 1.82 bits per heavy atom. The Labute approximate surface area is 191 Å². The van der Waals surface area contributed by atoms with Gasteiger partial charge < -0.3 is 10.6 Å². The van der Waals surface area contributed by atoms with Crippen LogP contribution in [0.4, 0.5) is 19.0 Å². The van der Waals surface area contributed by atoms with E-state index in [9.17, 15) is 18.0 Å². The quantitative estimate of drug-likeness (QED) is 0.521. The van der Waals surface area contributed by atoms with Crippen LogP contribution in [0.2, 0.25) is 0 Å². The maximum absolute atomic E-state index is 13.9. The van der Waals surface area contributed by atoms with Crippen molar-refractivity contribution < 1.29 is 18.0 Å². The van der Waals surface area contributed by atoms with Gasteiger partial charge >= 0.3 is 6.18 Å². The van der Waals surface area contributed by atoms with Crippen molar-refractivity contribution in [2.45, 2.75) is 58.4 Å². The minimum atomic E-state index is -4.49. The lowest BCUT2D eigenvalue weighted by atomic mass is 9.95. The van der Waals surface area contributed by atoms with Crippen LogP contribution in [-0.4, -0.2) is 21.9 Å². The molecule has 5 nitrogen and oxygen atoms in total. The van der Waals surface area contributed by atoms with Crippen molar-refractivity contribution in [3.05, 3.63) is 82.0 Å². The summed E-state index contributed by atoms with van der Waals surface area (Å²) < 4.78 is 42.6. The van der Waals surface area contributed by atoms with Crippen molar-refractivity contribution in [2.24, 2.45) is 0 Å². The first kappa shape index (κ1) is 22.9. The van der Waals surface area contributed by atoms with E-state index in [1.54, 1.807) is 0 Å². The topological polar surface area (TPSA) is 59.0 Å². The third kappa shape index (κ3) is 4.74. The van der Waals surface area contributed by atoms with Gasteiger partial charge in [0, 0.05) is 13.0 Å². The summed E-state index contributed by atoms with van der Waals surface area (Å²) in [7, 11) is 0. The molecule has 1 amide bonds. The molecular weight excluding hydrogens is 429 g/mol. The van der Waals surface area contributed by atoms with E-state index in [1.807, 2.05) is 63.2 Å². The number of nitrogens with one attached hydrogen (secondary N) is 2. The number of hydrogen-bond donors (Lipinski definition) is 2. The molecule has 0 saturated carbocycles. The van der Waals surface area contributed by atoms with E-state index in [1.165, 1.54) is 6.20 Å². The highest BCUT2D eigenvalue weighted by Gasteiger charge is 2.47. The van der Waals surface area contributed by atoms with Gasteiger partial charge in [-0.3, -0.25) is 4.79 Å². The number of amides is 1. The van der Waals surface area contributed by atoms with Crippen LogP contribution >= 0.6 is 0 Å². The second-order valence-electron chi connectivity index (χ2n) is 8.54. The molecule has 1 aliphatic rings. The van der Waals surface area contributed by atoms with Crippen molar-refractivity contribution in [2.75, 3.05) is 5.32 Å². The minimum Gasteiger partial charge on any atom is -0.363 e. The van der Waals surface area contributed by atoms with Gasteiger partial charge in [-0.05, 0) is 48.1 Å². The van der Waals surface area contributed by atoms with E-state index < -0.39 is 24.2 Å². The number of alkyl halides is 3. The molecule has 0 fully saturated rings. The Bertz CT molecular complexity index is 1150. The first-order chi connectivity index (χ1) is 15.7. The number of aryl methyl sites for hydroxylation is 3. The number of nitrogens with zero attached hydrogens (tertiary/aromatic N) is 2. The SMILES string of the molecule is CCc1ccc([C@H]2C[C@@H](C(F)(F)F)n3ncc(C(=O)NCc4ccc(C)c(C)c4)c3N2)cc1. The van der Waals surface area contributed by atoms with E-state index in [4.69, 9.17) is 0 Å². The molecular formula is C25H27F3N4O. The highest BCUT2D eigenvalue weighted by Crippen LogP contribution is 2.44. The Kier molecular flexibility index (Phi) is 6.19. The summed E-state index contributed by atoms with van der Waals surface area (Å²) in [6, 6.07) is 11.0. The number of carbonyl (C=O) groups excluding carboxylic acids is 1. The molecule has 0 bridgehead atoms. The van der Waals surface area contributed by atoms with Gasteiger partial charge in [0.25, 0.3) is 5.91 Å². The molecule has 8 heteroatoms. The number of anilines is 1. The molecule has 33 heavy (non-hydrogen) atoms. The molecule has 174 valence electrons. The lowest BCUT2D eigenvalue weighted by Crippen LogP contribution is -2.36. The lowest BCUT2D eigenvalue weighted by molar-refractivity contribution is -0.173. The van der Waals surface area contributed by atoms with E-state index >= 15 is 0 Å². The van der Waals surface area contributed by atoms with Gasteiger partial charge in [-0.1, -0.05) is 49.4 Å². The van der Waals surface area contributed by atoms with E-state index in [-0.39, 0.29) is 24.3 Å². The second kappa shape index (κ2) is 8.92. The largest absolute Gasteiger partial charge is 0.410 e. The van der Waals surface area contributed by atoms with E-state index in [0.29, 0.717) is 0 Å². The molecule has 0 unspecified atom stereocenters. The second-order valence-corrected chi connectivity index (χ2v) is 8.54. The molecule has 2 aromatic carbocycles. The fourth-order valence-corrected chi connectivity index (χ4v) is 4.12. The van der Waals surface area contributed by atoms with Gasteiger partial charge in [0.15, 0.2) is 6.04 Å². The van der Waals surface area contributed by atoms with Crippen LogP contribution in [0, 0.1) is 13.8 Å². The standard InChI is InChI=1S/C25H27F3N4O/c1-4-17-7-9-19(10-8-17)21-12-22(25(26,27)28)32-23(31-21)20(14-30-32)24(33)29-13-18-6-5-15(2)16(3)11-18/h5-11,14,21-22,31H,4,12-13H2,1-3H3,(H,29,33)/t21-,22+/m1/s1. The van der Waals surface area contributed by atoms with E-state index in [0.717, 1.165) is 38.9 Å². The van der Waals surface area contributed by atoms with Crippen LogP contribution in [0.25, 0.3) is 0 Å². The van der Waals surface area contributed by atoms with Crippen LogP contribution in [0.1, 0.15) is 63.6 Å². The van der Waals surface area contributed by atoms with E-state index in [2.05, 4.69) is 15.7 Å². The average Bonchev–Trinajstić information content (AvgIpc) is 3.22. The predicted molar refractivity (Wildman–Crippen MR) is 121 cm³/mol. The molecule has 0 saturated heterocycles. The normalized spacial score (nSPS) is 17.9. The zero-order valence-electron chi connectivity index (χ0n) is 18.8. The third-order valence-corrected chi connectivity index (χ3v) is 6.30. The molecule has 3 aromatic rings. The number of benzene rings is 2. The Morgan fingerprint density at radius 1 is 1.12 bits per heavy atom. The number of hydrogen-bond acceptors (Lipinski definition) is 3. The van der Waals surface area contributed by atoms with Crippen LogP contribution in [0.15, 0.2) is 48.7 Å². The van der Waals surface area contributed by atoms with Crippen LogP contribution in [0.5, 0.6) is 0 Å². The van der Waals surface area contributed by atoms with Gasteiger partial charge in [-0.15, -0.1) is 0 Å². The Morgan fingerprint density at radius 3 is 2.45 bits per heavy atom. The minimum absolute atomic E-state index is 0.0886. The predicted octanol–water partition coefficient (Wildman–Crippen LogP) is 5.65. The lowest BCUT2D eigenvalue weighted by Gasteiger charge is -2.34. The first-order valence-corrected chi connectivity index (χ1v) is 11.0. The number of rotatable bonds is 5. The Hall–Kier alpha value is -3.29. The average molecular weight is 457 g/mol. The number of fused-ring (bicyclic) bond motifs is 1. The van der Waals surface area contributed by atoms with Gasteiger partial charge in [0.05, 0.1) is 12.2 Å². The van der Waals surface area contributed by atoms with Crippen LogP contribution in [-0.2, 0) is 13.0 Å². The molecule has 4 rings (SSSR count). The monoisotopic (exact) mass is 456 g/mol. The van der Waals surface area contributed by atoms with Gasteiger partial charge in [0.2, 0.25) is 0 Å². The van der Waals surface area contributed by atoms with Crippen LogP contribution < -0.4 is 10.6 Å². The summed E-state index contributed by atoms with van der Waals surface area (Å²) in [5, 5.41) is 9.88. The smallest absolute Gasteiger partial charge is 0.363 e. The first-order valence-electron chi connectivity index (χ1n) is 11.0. The maximum Gasteiger partial charge on any atom is 0.410 e. The van der Waals surface area contributed by atoms with Crippen molar-refractivity contribution in [3.63, 3.8) is 0 Å². The molecule has 2 atom stereocenters. The molecule has 1 aromatic heterocycles. The summed E-state index contributed by atoms with van der Waals surface area (Å²) >= 11 is 0. The zero-order valence-corrected chi connectivity index (χ0v) is 18.8. The third-order valence-electron chi connectivity index (χ3n) is 6.30. The fourth-order valence-electron chi connectivity index (χ4n) is 4.12. The van der Waals surface area contributed by atoms with Crippen molar-refractivity contribution >= 4 is 11.7 Å². The van der Waals surface area contributed by atoms with Crippen LogP contribution in [0.3, 0.4) is 0 Å². The molecule has 2 N–H and O–H groups in total. The zero-order chi connectivity index (χ0) is 23.8. The summed E-state index contributed by atoms with van der Waals surface area (Å²) in [5.74, 6) is -0.379. The summed E-state index contributed by atoms with van der Waals surface area (Å²) in [6.07, 6.45) is -2.63. The highest BCUT2D eigenvalue weighted by molar-refractivity contribution is 5.98. The van der Waals surface area contributed by atoms with Crippen molar-refractivity contribution in [1.29, 1.82) is 0 Å². The van der Waals surface area contributed by atoms with Gasteiger partial charge in [-0.25, -0.2) is 4.68 Å².